The summed E-state index contributed by atoms with van der Waals surface area (Å²) in [6.07, 6.45) is 8.06. The highest BCUT2D eigenvalue weighted by atomic mass is 16.3. The van der Waals surface area contributed by atoms with Crippen LogP contribution in [0.1, 0.15) is 78.5 Å². The van der Waals surface area contributed by atoms with Crippen molar-refractivity contribution in [3.05, 3.63) is 18.0 Å². The highest BCUT2D eigenvalue weighted by molar-refractivity contribution is 5.07. The first kappa shape index (κ1) is 16.5. The van der Waals surface area contributed by atoms with Crippen molar-refractivity contribution in [3.63, 3.8) is 0 Å². The summed E-state index contributed by atoms with van der Waals surface area (Å²) in [7, 11) is 0. The van der Waals surface area contributed by atoms with Crippen LogP contribution in [0, 0.1) is 11.3 Å². The molecule has 2 rings (SSSR count). The van der Waals surface area contributed by atoms with Gasteiger partial charge in [-0.2, -0.15) is 5.10 Å². The van der Waals surface area contributed by atoms with E-state index in [9.17, 15) is 5.11 Å². The molecule has 1 aliphatic carbocycles. The lowest BCUT2D eigenvalue weighted by Gasteiger charge is -2.45. The Morgan fingerprint density at radius 3 is 2.57 bits per heavy atom. The number of nitrogens with zero attached hydrogens (tertiary/aromatic N) is 2. The maximum Gasteiger partial charge on any atom is 0.0729 e. The SMILES string of the molecule is CCC(CC)n1ccc(CC2(O)CCC(C)(C)CC2C)n1. The van der Waals surface area contributed by atoms with E-state index >= 15 is 0 Å². The molecular formula is C18H32N2O. The van der Waals surface area contributed by atoms with E-state index in [0.717, 1.165) is 37.8 Å². The molecule has 0 saturated heterocycles. The standard InChI is InChI=1S/C18H32N2O/c1-6-16(7-2)20-11-8-15(19-20)13-18(21)10-9-17(4,5)12-14(18)3/h8,11,14,16,21H,6-7,9-10,12-13H2,1-5H3. The summed E-state index contributed by atoms with van der Waals surface area (Å²) >= 11 is 0. The van der Waals surface area contributed by atoms with Crippen LogP contribution in [-0.2, 0) is 6.42 Å². The molecule has 1 heterocycles. The second-order valence-electron chi connectivity index (χ2n) is 7.81. The van der Waals surface area contributed by atoms with Crippen LogP contribution in [-0.4, -0.2) is 20.5 Å². The Hall–Kier alpha value is -0.830. The first-order valence-corrected chi connectivity index (χ1v) is 8.56. The molecular weight excluding hydrogens is 260 g/mol. The Kier molecular flexibility index (Phi) is 4.82. The van der Waals surface area contributed by atoms with Gasteiger partial charge in [0.1, 0.15) is 0 Å². The highest BCUT2D eigenvalue weighted by Gasteiger charge is 2.42. The molecule has 0 spiro atoms. The predicted octanol–water partition coefficient (Wildman–Crippen LogP) is 4.36. The molecule has 1 aliphatic rings. The lowest BCUT2D eigenvalue weighted by atomic mass is 9.64. The summed E-state index contributed by atoms with van der Waals surface area (Å²) in [5, 5.41) is 15.8. The Balaban J connectivity index is 2.07. The van der Waals surface area contributed by atoms with E-state index in [2.05, 4.69) is 51.6 Å². The Morgan fingerprint density at radius 1 is 1.33 bits per heavy atom. The second-order valence-corrected chi connectivity index (χ2v) is 7.81. The van der Waals surface area contributed by atoms with E-state index in [0.29, 0.717) is 23.8 Å². The summed E-state index contributed by atoms with van der Waals surface area (Å²) in [6.45, 7) is 11.2. The van der Waals surface area contributed by atoms with Gasteiger partial charge >= 0.3 is 0 Å². The molecule has 0 bridgehead atoms. The van der Waals surface area contributed by atoms with E-state index in [1.54, 1.807) is 0 Å². The van der Waals surface area contributed by atoms with E-state index in [1.807, 2.05) is 0 Å². The lowest BCUT2D eigenvalue weighted by Crippen LogP contribution is -2.45. The van der Waals surface area contributed by atoms with Crippen LogP contribution in [0.4, 0.5) is 0 Å². The maximum atomic E-state index is 11.0. The summed E-state index contributed by atoms with van der Waals surface area (Å²) in [5.74, 6) is 0.333. The number of hydrogen-bond acceptors (Lipinski definition) is 2. The third-order valence-corrected chi connectivity index (χ3v) is 5.48. The van der Waals surface area contributed by atoms with Gasteiger partial charge in [-0.3, -0.25) is 4.68 Å². The molecule has 120 valence electrons. The van der Waals surface area contributed by atoms with E-state index < -0.39 is 5.60 Å². The Morgan fingerprint density at radius 2 is 2.00 bits per heavy atom. The van der Waals surface area contributed by atoms with Crippen molar-refractivity contribution in [2.45, 2.75) is 84.8 Å². The fourth-order valence-corrected chi connectivity index (χ4v) is 3.84. The third kappa shape index (κ3) is 3.68. The second kappa shape index (κ2) is 6.12. The van der Waals surface area contributed by atoms with E-state index in [4.69, 9.17) is 5.10 Å². The average Bonchev–Trinajstić information content (AvgIpc) is 2.84. The highest BCUT2D eigenvalue weighted by Crippen LogP contribution is 2.45. The van der Waals surface area contributed by atoms with Gasteiger partial charge in [0.05, 0.1) is 17.3 Å². The quantitative estimate of drug-likeness (QED) is 0.875. The molecule has 1 aromatic heterocycles. The van der Waals surface area contributed by atoms with Gasteiger partial charge in [-0.1, -0.05) is 34.6 Å². The summed E-state index contributed by atoms with van der Waals surface area (Å²) in [6, 6.07) is 2.57. The van der Waals surface area contributed by atoms with Gasteiger partial charge in [0.15, 0.2) is 0 Å². The monoisotopic (exact) mass is 292 g/mol. The van der Waals surface area contributed by atoms with Crippen molar-refractivity contribution in [1.82, 2.24) is 9.78 Å². The van der Waals surface area contributed by atoms with Crippen molar-refractivity contribution in [2.75, 3.05) is 0 Å². The van der Waals surface area contributed by atoms with Gasteiger partial charge < -0.3 is 5.11 Å². The average molecular weight is 292 g/mol. The first-order chi connectivity index (χ1) is 9.79. The predicted molar refractivity (Wildman–Crippen MR) is 87.3 cm³/mol. The maximum absolute atomic E-state index is 11.0. The first-order valence-electron chi connectivity index (χ1n) is 8.56. The largest absolute Gasteiger partial charge is 0.389 e. The molecule has 3 heteroatoms. The Labute approximate surface area is 129 Å². The topological polar surface area (TPSA) is 38.0 Å². The van der Waals surface area contributed by atoms with Crippen LogP contribution in [0.25, 0.3) is 0 Å². The fraction of sp³-hybridized carbons (Fsp3) is 0.833. The molecule has 0 aromatic carbocycles. The normalized spacial score (nSPS) is 29.0. The molecule has 21 heavy (non-hydrogen) atoms. The van der Waals surface area contributed by atoms with Crippen molar-refractivity contribution in [3.8, 4) is 0 Å². The summed E-state index contributed by atoms with van der Waals surface area (Å²) in [4.78, 5) is 0. The Bertz CT molecular complexity index is 462. The number of hydrogen-bond donors (Lipinski definition) is 1. The molecule has 2 unspecified atom stereocenters. The molecule has 3 nitrogen and oxygen atoms in total. The zero-order chi connectivity index (χ0) is 15.7. The molecule has 1 saturated carbocycles. The van der Waals surface area contributed by atoms with Crippen LogP contribution in [0.15, 0.2) is 12.3 Å². The minimum atomic E-state index is -0.581. The van der Waals surface area contributed by atoms with Gasteiger partial charge in [-0.05, 0) is 49.5 Å². The van der Waals surface area contributed by atoms with Crippen LogP contribution in [0.3, 0.4) is 0 Å². The van der Waals surface area contributed by atoms with Crippen molar-refractivity contribution >= 4 is 0 Å². The van der Waals surface area contributed by atoms with E-state index in [1.165, 1.54) is 0 Å². The van der Waals surface area contributed by atoms with Crippen LogP contribution < -0.4 is 0 Å². The fourth-order valence-electron chi connectivity index (χ4n) is 3.84. The van der Waals surface area contributed by atoms with Gasteiger partial charge in [0, 0.05) is 12.6 Å². The molecule has 1 fully saturated rings. The van der Waals surface area contributed by atoms with Gasteiger partial charge in [-0.25, -0.2) is 0 Å². The number of rotatable bonds is 5. The molecule has 0 aliphatic heterocycles. The van der Waals surface area contributed by atoms with Gasteiger partial charge in [0.25, 0.3) is 0 Å². The molecule has 1 aromatic rings. The van der Waals surface area contributed by atoms with Crippen molar-refractivity contribution in [1.29, 1.82) is 0 Å². The summed E-state index contributed by atoms with van der Waals surface area (Å²) < 4.78 is 2.08. The minimum Gasteiger partial charge on any atom is -0.389 e. The van der Waals surface area contributed by atoms with Gasteiger partial charge in [0.2, 0.25) is 0 Å². The number of aliphatic hydroxyl groups is 1. The zero-order valence-electron chi connectivity index (χ0n) is 14.4. The minimum absolute atomic E-state index is 0.333. The van der Waals surface area contributed by atoms with Crippen molar-refractivity contribution in [2.24, 2.45) is 11.3 Å². The van der Waals surface area contributed by atoms with Crippen LogP contribution in [0.5, 0.6) is 0 Å². The van der Waals surface area contributed by atoms with Crippen LogP contribution >= 0.6 is 0 Å². The number of aromatic nitrogens is 2. The summed E-state index contributed by atoms with van der Waals surface area (Å²) in [5.41, 5.74) is 0.819. The molecule has 1 N–H and O–H groups in total. The molecule has 2 atom stereocenters. The van der Waals surface area contributed by atoms with Crippen LogP contribution in [0.2, 0.25) is 0 Å². The molecule has 0 radical (unpaired) electrons. The zero-order valence-corrected chi connectivity index (χ0v) is 14.4. The third-order valence-electron chi connectivity index (χ3n) is 5.48. The molecule has 0 amide bonds. The van der Waals surface area contributed by atoms with Crippen molar-refractivity contribution < 1.29 is 5.11 Å². The smallest absolute Gasteiger partial charge is 0.0729 e. The van der Waals surface area contributed by atoms with E-state index in [-0.39, 0.29) is 0 Å². The lowest BCUT2D eigenvalue weighted by molar-refractivity contribution is -0.0711. The van der Waals surface area contributed by atoms with Gasteiger partial charge in [-0.15, -0.1) is 0 Å².